The number of aliphatic hydroxyl groups is 3. The standard InChI is InChI=1S/C30H29NO12/c1-38-17-7-6-14-16-10-40-26-19(23(16)41-24(14)25(17)39-2)15(12-4-3-5-13(32)8-12)9-18-20(26)31-11-30(42-18)28(35)22(34)21(33)27(43-30)29(36)37/h3-9,16,21-23,27-28,31-35H,10-11H2,1-2H3,(H,36,37)/t16-,21-,22-,23-,27-,28+,30+/m0/s1. The zero-order chi connectivity index (χ0) is 30.2. The maximum atomic E-state index is 11.8. The van der Waals surface area contributed by atoms with E-state index >= 15 is 0 Å². The Bertz CT molecular complexity index is 1630. The zero-order valence-corrected chi connectivity index (χ0v) is 23.0. The van der Waals surface area contributed by atoms with Gasteiger partial charge in [0.1, 0.15) is 35.9 Å². The number of carboxylic acids is 1. The summed E-state index contributed by atoms with van der Waals surface area (Å²) in [6, 6.07) is 11.9. The minimum absolute atomic E-state index is 0.0160. The molecule has 4 aliphatic heterocycles. The predicted octanol–water partition coefficient (Wildman–Crippen LogP) is 1.75. The van der Waals surface area contributed by atoms with Gasteiger partial charge in [-0.15, -0.1) is 0 Å². The fourth-order valence-corrected chi connectivity index (χ4v) is 6.39. The number of anilines is 1. The first-order valence-electron chi connectivity index (χ1n) is 13.6. The summed E-state index contributed by atoms with van der Waals surface area (Å²) in [7, 11) is 3.08. The Balaban J connectivity index is 1.37. The van der Waals surface area contributed by atoms with Crippen LogP contribution in [-0.2, 0) is 9.53 Å². The molecule has 0 aliphatic carbocycles. The quantitative estimate of drug-likeness (QED) is 0.257. The van der Waals surface area contributed by atoms with E-state index in [0.717, 1.165) is 5.56 Å². The van der Waals surface area contributed by atoms with Gasteiger partial charge in [-0.3, -0.25) is 0 Å². The molecule has 1 spiro atoms. The number of ether oxygens (including phenoxy) is 6. The molecule has 6 N–H and O–H groups in total. The fourth-order valence-electron chi connectivity index (χ4n) is 6.39. The van der Waals surface area contributed by atoms with Crippen molar-refractivity contribution in [3.63, 3.8) is 0 Å². The molecule has 7 rings (SSSR count). The molecule has 4 aliphatic rings. The van der Waals surface area contributed by atoms with E-state index in [1.807, 2.05) is 12.1 Å². The smallest absolute Gasteiger partial charge is 0.335 e. The average molecular weight is 596 g/mol. The Kier molecular flexibility index (Phi) is 6.25. The van der Waals surface area contributed by atoms with E-state index < -0.39 is 42.3 Å². The lowest BCUT2D eigenvalue weighted by molar-refractivity contribution is -0.325. The highest BCUT2D eigenvalue weighted by Gasteiger charge is 2.59. The van der Waals surface area contributed by atoms with Crippen LogP contribution in [0.3, 0.4) is 0 Å². The number of carboxylic acid groups (broad SMARTS) is 1. The number of methoxy groups -OCH3 is 2. The van der Waals surface area contributed by atoms with Crippen LogP contribution in [0.5, 0.6) is 34.5 Å². The number of benzene rings is 3. The number of aliphatic hydroxyl groups excluding tert-OH is 3. The lowest BCUT2D eigenvalue weighted by Crippen LogP contribution is -2.71. The second kappa shape index (κ2) is 9.81. The van der Waals surface area contributed by atoms with Crippen molar-refractivity contribution in [2.24, 2.45) is 0 Å². The molecule has 13 nitrogen and oxygen atoms in total. The number of phenolic OH excluding ortho intramolecular Hbond substituents is 1. The van der Waals surface area contributed by atoms with Crippen LogP contribution in [0.4, 0.5) is 5.69 Å². The van der Waals surface area contributed by atoms with Crippen molar-refractivity contribution in [2.75, 3.05) is 32.7 Å². The topological polar surface area (TPSA) is 186 Å². The van der Waals surface area contributed by atoms with E-state index in [0.29, 0.717) is 45.4 Å². The highest BCUT2D eigenvalue weighted by atomic mass is 16.7. The number of aliphatic carboxylic acids is 1. The summed E-state index contributed by atoms with van der Waals surface area (Å²) in [4.78, 5) is 11.8. The molecule has 226 valence electrons. The van der Waals surface area contributed by atoms with Crippen molar-refractivity contribution in [1.29, 1.82) is 0 Å². The van der Waals surface area contributed by atoms with Crippen LogP contribution in [0.2, 0.25) is 0 Å². The molecule has 4 heterocycles. The fraction of sp³-hybridized carbons (Fsp3) is 0.367. The third kappa shape index (κ3) is 3.96. The summed E-state index contributed by atoms with van der Waals surface area (Å²) < 4.78 is 35.9. The third-order valence-electron chi connectivity index (χ3n) is 8.47. The summed E-state index contributed by atoms with van der Waals surface area (Å²) in [6.07, 6.45) is -7.95. The Hall–Kier alpha value is -4.43. The van der Waals surface area contributed by atoms with Crippen molar-refractivity contribution < 1.29 is 58.7 Å². The van der Waals surface area contributed by atoms with Crippen LogP contribution < -0.4 is 29.0 Å². The van der Waals surface area contributed by atoms with Gasteiger partial charge in [0, 0.05) is 11.1 Å². The highest BCUT2D eigenvalue weighted by Crippen LogP contribution is 2.61. The zero-order valence-electron chi connectivity index (χ0n) is 23.0. The number of phenols is 1. The summed E-state index contributed by atoms with van der Waals surface area (Å²) in [5, 5.41) is 54.8. The van der Waals surface area contributed by atoms with Crippen molar-refractivity contribution in [3.05, 3.63) is 53.6 Å². The van der Waals surface area contributed by atoms with E-state index in [1.54, 1.807) is 31.4 Å². The Labute approximate surface area is 244 Å². The monoisotopic (exact) mass is 595 g/mol. The molecular weight excluding hydrogens is 566 g/mol. The van der Waals surface area contributed by atoms with Crippen LogP contribution in [0.25, 0.3) is 11.1 Å². The number of rotatable bonds is 4. The molecule has 0 saturated carbocycles. The van der Waals surface area contributed by atoms with E-state index in [4.69, 9.17) is 28.4 Å². The van der Waals surface area contributed by atoms with Gasteiger partial charge in [0.15, 0.2) is 29.1 Å². The van der Waals surface area contributed by atoms with Crippen molar-refractivity contribution in [2.45, 2.75) is 42.2 Å². The molecule has 3 aromatic rings. The number of hydrogen-bond acceptors (Lipinski definition) is 12. The maximum absolute atomic E-state index is 11.8. The van der Waals surface area contributed by atoms with Crippen molar-refractivity contribution in [3.8, 4) is 45.6 Å². The number of carbonyl (C=O) groups is 1. The molecule has 7 atom stereocenters. The number of nitrogens with one attached hydrogen (secondary N) is 1. The van der Waals surface area contributed by atoms with Gasteiger partial charge >= 0.3 is 5.97 Å². The molecular formula is C30H29NO12. The summed E-state index contributed by atoms with van der Waals surface area (Å²) in [5.41, 5.74) is 3.10. The van der Waals surface area contributed by atoms with Crippen LogP contribution in [0.15, 0.2) is 42.5 Å². The van der Waals surface area contributed by atoms with Gasteiger partial charge in [-0.25, -0.2) is 4.79 Å². The van der Waals surface area contributed by atoms with Gasteiger partial charge in [-0.2, -0.15) is 0 Å². The Morgan fingerprint density at radius 1 is 1.05 bits per heavy atom. The van der Waals surface area contributed by atoms with Crippen molar-refractivity contribution in [1.82, 2.24) is 0 Å². The van der Waals surface area contributed by atoms with Crippen LogP contribution >= 0.6 is 0 Å². The Morgan fingerprint density at radius 3 is 2.58 bits per heavy atom. The summed E-state index contributed by atoms with van der Waals surface area (Å²) in [5.74, 6) is -1.77. The summed E-state index contributed by atoms with van der Waals surface area (Å²) in [6.45, 7) is -0.0514. The predicted molar refractivity (Wildman–Crippen MR) is 147 cm³/mol. The van der Waals surface area contributed by atoms with Crippen molar-refractivity contribution >= 4 is 11.7 Å². The minimum Gasteiger partial charge on any atom is -0.508 e. The molecule has 0 radical (unpaired) electrons. The molecule has 1 saturated heterocycles. The maximum Gasteiger partial charge on any atom is 0.335 e. The van der Waals surface area contributed by atoms with Crippen LogP contribution in [0, 0.1) is 0 Å². The van der Waals surface area contributed by atoms with Gasteiger partial charge in [0.2, 0.25) is 5.75 Å². The minimum atomic E-state index is -2.06. The first kappa shape index (κ1) is 27.4. The van der Waals surface area contributed by atoms with E-state index in [-0.39, 0.29) is 30.6 Å². The second-order valence-electron chi connectivity index (χ2n) is 10.8. The molecule has 3 aromatic carbocycles. The van der Waals surface area contributed by atoms with Gasteiger partial charge in [-0.1, -0.05) is 18.2 Å². The second-order valence-corrected chi connectivity index (χ2v) is 10.8. The Morgan fingerprint density at radius 2 is 1.86 bits per heavy atom. The first-order chi connectivity index (χ1) is 20.7. The van der Waals surface area contributed by atoms with Gasteiger partial charge in [0.25, 0.3) is 5.79 Å². The molecule has 0 unspecified atom stereocenters. The van der Waals surface area contributed by atoms with Crippen LogP contribution in [-0.4, -0.2) is 89.1 Å². The van der Waals surface area contributed by atoms with E-state index in [9.17, 15) is 30.3 Å². The number of hydrogen-bond donors (Lipinski definition) is 6. The molecule has 1 fully saturated rings. The molecule has 13 heteroatoms. The number of fused-ring (bicyclic) bond motifs is 7. The van der Waals surface area contributed by atoms with Crippen LogP contribution in [0.1, 0.15) is 23.1 Å². The lowest BCUT2D eigenvalue weighted by Gasteiger charge is -2.49. The molecule has 0 aromatic heterocycles. The van der Waals surface area contributed by atoms with E-state index in [2.05, 4.69) is 5.32 Å². The number of aromatic hydroxyl groups is 1. The lowest BCUT2D eigenvalue weighted by atomic mass is 9.84. The molecule has 0 amide bonds. The SMILES string of the molecule is COc1ccc2c(c1OC)O[C@@H]1c3c(-c4cccc(O)c4)cc4c(c3OC[C@@H]21)NC[C@@]1(O4)O[C@H](C(=O)O)[C@@H](O)[C@H](O)[C@H]1O. The van der Waals surface area contributed by atoms with E-state index in [1.165, 1.54) is 13.2 Å². The van der Waals surface area contributed by atoms with Gasteiger partial charge in [-0.05, 0) is 35.4 Å². The average Bonchev–Trinajstić information content (AvgIpc) is 3.39. The normalized spacial score (nSPS) is 29.9. The third-order valence-corrected chi connectivity index (χ3v) is 8.47. The molecule has 43 heavy (non-hydrogen) atoms. The first-order valence-corrected chi connectivity index (χ1v) is 13.6. The molecule has 0 bridgehead atoms. The van der Waals surface area contributed by atoms with Gasteiger partial charge < -0.3 is 59.3 Å². The highest BCUT2D eigenvalue weighted by molar-refractivity contribution is 5.84. The summed E-state index contributed by atoms with van der Waals surface area (Å²) >= 11 is 0. The van der Waals surface area contributed by atoms with Gasteiger partial charge in [0.05, 0.1) is 33.3 Å². The largest absolute Gasteiger partial charge is 0.508 e.